The largest absolute Gasteiger partial charge is 0.398 e. The molecule has 0 saturated carbocycles. The van der Waals surface area contributed by atoms with E-state index in [0.717, 1.165) is 11.3 Å². The van der Waals surface area contributed by atoms with E-state index >= 15 is 0 Å². The van der Waals surface area contributed by atoms with Gasteiger partial charge in [0.15, 0.2) is 0 Å². The quantitative estimate of drug-likeness (QED) is 0.770. The number of para-hydroxylation sites is 1. The molecular formula is C15H25N3O. The summed E-state index contributed by atoms with van der Waals surface area (Å²) in [6.07, 6.45) is 0. The van der Waals surface area contributed by atoms with E-state index in [1.165, 1.54) is 0 Å². The van der Waals surface area contributed by atoms with Crippen LogP contribution in [-0.2, 0) is 11.3 Å². The van der Waals surface area contributed by atoms with Crippen LogP contribution in [0, 0.1) is 5.92 Å². The molecule has 1 atom stereocenters. The van der Waals surface area contributed by atoms with E-state index in [0.29, 0.717) is 19.0 Å². The first-order valence-electron chi connectivity index (χ1n) is 6.73. The molecule has 3 N–H and O–H groups in total. The molecule has 1 amide bonds. The average Bonchev–Trinajstić information content (AvgIpc) is 2.37. The molecule has 1 aromatic carbocycles. The normalized spacial score (nSPS) is 12.7. The summed E-state index contributed by atoms with van der Waals surface area (Å²) < 4.78 is 0. The molecule has 1 rings (SSSR count). The van der Waals surface area contributed by atoms with Gasteiger partial charge in [-0.05, 0) is 31.5 Å². The van der Waals surface area contributed by atoms with Gasteiger partial charge in [-0.15, -0.1) is 0 Å². The lowest BCUT2D eigenvalue weighted by atomic mass is 10.1. The van der Waals surface area contributed by atoms with Crippen LogP contribution >= 0.6 is 0 Å². The fraction of sp³-hybridized carbons (Fsp3) is 0.533. The zero-order valence-electron chi connectivity index (χ0n) is 12.3. The number of hydrogen-bond donors (Lipinski definition) is 2. The smallest absolute Gasteiger partial charge is 0.237 e. The second kappa shape index (κ2) is 7.14. The fourth-order valence-corrected chi connectivity index (χ4v) is 1.74. The van der Waals surface area contributed by atoms with E-state index in [-0.39, 0.29) is 11.9 Å². The maximum absolute atomic E-state index is 12.0. The van der Waals surface area contributed by atoms with Crippen LogP contribution in [0.15, 0.2) is 24.3 Å². The minimum absolute atomic E-state index is 0.0608. The van der Waals surface area contributed by atoms with E-state index < -0.39 is 0 Å². The number of hydrogen-bond acceptors (Lipinski definition) is 3. The van der Waals surface area contributed by atoms with Crippen molar-refractivity contribution >= 4 is 11.6 Å². The van der Waals surface area contributed by atoms with Gasteiger partial charge in [0.25, 0.3) is 0 Å². The molecule has 0 aliphatic rings. The first kappa shape index (κ1) is 15.5. The first-order valence-corrected chi connectivity index (χ1v) is 6.73. The zero-order valence-corrected chi connectivity index (χ0v) is 12.3. The van der Waals surface area contributed by atoms with Crippen LogP contribution in [0.4, 0.5) is 5.69 Å². The Morgan fingerprint density at radius 1 is 1.32 bits per heavy atom. The van der Waals surface area contributed by atoms with Crippen molar-refractivity contribution in [1.29, 1.82) is 0 Å². The van der Waals surface area contributed by atoms with Gasteiger partial charge in [0, 0.05) is 18.8 Å². The predicted molar refractivity (Wildman–Crippen MR) is 79.6 cm³/mol. The van der Waals surface area contributed by atoms with Crippen molar-refractivity contribution in [2.45, 2.75) is 33.4 Å². The van der Waals surface area contributed by atoms with E-state index in [1.807, 2.05) is 43.1 Å². The lowest BCUT2D eigenvalue weighted by Crippen LogP contribution is -2.43. The van der Waals surface area contributed by atoms with Gasteiger partial charge < -0.3 is 11.1 Å². The molecule has 19 heavy (non-hydrogen) atoms. The van der Waals surface area contributed by atoms with Crippen LogP contribution in [0.3, 0.4) is 0 Å². The molecule has 106 valence electrons. The summed E-state index contributed by atoms with van der Waals surface area (Å²) in [5.74, 6) is 0.525. The summed E-state index contributed by atoms with van der Waals surface area (Å²) >= 11 is 0. The number of likely N-dealkylation sites (N-methyl/N-ethyl adjacent to an activating group) is 1. The SMILES string of the molecule is CC(C)CNC(=O)C(C)N(C)Cc1ccccc1N. The molecule has 0 heterocycles. The number of rotatable bonds is 6. The third kappa shape index (κ3) is 4.91. The van der Waals surface area contributed by atoms with Gasteiger partial charge in [0.05, 0.1) is 6.04 Å². The highest BCUT2D eigenvalue weighted by Gasteiger charge is 2.18. The van der Waals surface area contributed by atoms with Crippen LogP contribution in [-0.4, -0.2) is 30.4 Å². The third-order valence-electron chi connectivity index (χ3n) is 3.20. The van der Waals surface area contributed by atoms with Gasteiger partial charge >= 0.3 is 0 Å². The lowest BCUT2D eigenvalue weighted by molar-refractivity contribution is -0.125. The molecule has 0 fully saturated rings. The summed E-state index contributed by atoms with van der Waals surface area (Å²) in [7, 11) is 1.94. The highest BCUT2D eigenvalue weighted by Crippen LogP contribution is 2.13. The summed E-state index contributed by atoms with van der Waals surface area (Å²) in [4.78, 5) is 14.0. The van der Waals surface area contributed by atoms with Gasteiger partial charge in [-0.1, -0.05) is 32.0 Å². The Morgan fingerprint density at radius 3 is 2.53 bits per heavy atom. The molecular weight excluding hydrogens is 238 g/mol. The highest BCUT2D eigenvalue weighted by molar-refractivity contribution is 5.81. The standard InChI is InChI=1S/C15H25N3O/c1-11(2)9-17-15(19)12(3)18(4)10-13-7-5-6-8-14(13)16/h5-8,11-12H,9-10,16H2,1-4H3,(H,17,19). The van der Waals surface area contributed by atoms with Gasteiger partial charge in [-0.25, -0.2) is 0 Å². The monoisotopic (exact) mass is 263 g/mol. The van der Waals surface area contributed by atoms with Crippen LogP contribution < -0.4 is 11.1 Å². The maximum Gasteiger partial charge on any atom is 0.237 e. The minimum atomic E-state index is -0.168. The van der Waals surface area contributed by atoms with Crippen LogP contribution in [0.5, 0.6) is 0 Å². The molecule has 4 heteroatoms. The van der Waals surface area contributed by atoms with E-state index in [2.05, 4.69) is 19.2 Å². The molecule has 0 aliphatic heterocycles. The summed E-state index contributed by atoms with van der Waals surface area (Å²) in [5.41, 5.74) is 7.73. The van der Waals surface area contributed by atoms with Crippen LogP contribution in [0.1, 0.15) is 26.3 Å². The number of amides is 1. The average molecular weight is 263 g/mol. The molecule has 0 saturated heterocycles. The third-order valence-corrected chi connectivity index (χ3v) is 3.20. The van der Waals surface area contributed by atoms with Crippen LogP contribution in [0.2, 0.25) is 0 Å². The summed E-state index contributed by atoms with van der Waals surface area (Å²) in [5, 5.41) is 2.95. The van der Waals surface area contributed by atoms with Gasteiger partial charge in [-0.3, -0.25) is 9.69 Å². The Hall–Kier alpha value is -1.55. The Morgan fingerprint density at radius 2 is 1.95 bits per heavy atom. The topological polar surface area (TPSA) is 58.4 Å². The Labute approximate surface area is 116 Å². The number of nitrogens with two attached hydrogens (primary N) is 1. The second-order valence-corrected chi connectivity index (χ2v) is 5.43. The number of nitrogen functional groups attached to an aromatic ring is 1. The summed E-state index contributed by atoms with van der Waals surface area (Å²) in [6.45, 7) is 7.46. The van der Waals surface area contributed by atoms with Crippen molar-refractivity contribution in [1.82, 2.24) is 10.2 Å². The molecule has 1 aromatic rings. The van der Waals surface area contributed by atoms with Crippen molar-refractivity contribution in [2.24, 2.45) is 5.92 Å². The number of nitrogens with zero attached hydrogens (tertiary/aromatic N) is 1. The van der Waals surface area contributed by atoms with Crippen molar-refractivity contribution in [3.8, 4) is 0 Å². The van der Waals surface area contributed by atoms with Crippen molar-refractivity contribution in [2.75, 3.05) is 19.3 Å². The molecule has 1 unspecified atom stereocenters. The lowest BCUT2D eigenvalue weighted by Gasteiger charge is -2.24. The molecule has 0 radical (unpaired) electrons. The zero-order chi connectivity index (χ0) is 14.4. The Bertz CT molecular complexity index is 418. The molecule has 0 aromatic heterocycles. The number of anilines is 1. The van der Waals surface area contributed by atoms with Crippen molar-refractivity contribution in [3.63, 3.8) is 0 Å². The number of carbonyl (C=O) groups is 1. The minimum Gasteiger partial charge on any atom is -0.398 e. The molecule has 4 nitrogen and oxygen atoms in total. The van der Waals surface area contributed by atoms with Gasteiger partial charge in [-0.2, -0.15) is 0 Å². The predicted octanol–water partition coefficient (Wildman–Crippen LogP) is 1.86. The van der Waals surface area contributed by atoms with Gasteiger partial charge in [0.2, 0.25) is 5.91 Å². The molecule has 0 aliphatic carbocycles. The number of nitrogens with one attached hydrogen (secondary N) is 1. The Balaban J connectivity index is 2.55. The number of benzene rings is 1. The van der Waals surface area contributed by atoms with E-state index in [9.17, 15) is 4.79 Å². The fourth-order valence-electron chi connectivity index (χ4n) is 1.74. The number of carbonyl (C=O) groups excluding carboxylic acids is 1. The van der Waals surface area contributed by atoms with Crippen molar-refractivity contribution < 1.29 is 4.79 Å². The highest BCUT2D eigenvalue weighted by atomic mass is 16.2. The Kier molecular flexibility index (Phi) is 5.83. The molecule has 0 spiro atoms. The summed E-state index contributed by atoms with van der Waals surface area (Å²) in [6, 6.07) is 7.58. The first-order chi connectivity index (χ1) is 8.91. The van der Waals surface area contributed by atoms with E-state index in [1.54, 1.807) is 0 Å². The molecule has 0 bridgehead atoms. The maximum atomic E-state index is 12.0. The van der Waals surface area contributed by atoms with Crippen LogP contribution in [0.25, 0.3) is 0 Å². The van der Waals surface area contributed by atoms with Gasteiger partial charge in [0.1, 0.15) is 0 Å². The van der Waals surface area contributed by atoms with E-state index in [4.69, 9.17) is 5.73 Å². The van der Waals surface area contributed by atoms with Crippen molar-refractivity contribution in [3.05, 3.63) is 29.8 Å². The second-order valence-electron chi connectivity index (χ2n) is 5.43.